The molecule has 152 valence electrons. The molecule has 28 heavy (non-hydrogen) atoms. The van der Waals surface area contributed by atoms with Gasteiger partial charge in [-0.1, -0.05) is 24.3 Å². The first-order valence-corrected chi connectivity index (χ1v) is 10.0. The lowest BCUT2D eigenvalue weighted by Gasteiger charge is -2.17. The Bertz CT molecular complexity index is 985. The minimum atomic E-state index is -4.33. The average Bonchev–Trinajstić information content (AvgIpc) is 2.63. The number of hydrogen-bond acceptors (Lipinski definition) is 7. The molecule has 6 N–H and O–H groups in total. The highest BCUT2D eigenvalue weighted by Crippen LogP contribution is 2.31. The number of fused-ring (bicyclic) bond motifs is 1. The highest BCUT2D eigenvalue weighted by molar-refractivity contribution is 7.87. The zero-order valence-corrected chi connectivity index (χ0v) is 16.6. The molecule has 0 bridgehead atoms. The van der Waals surface area contributed by atoms with E-state index in [1.54, 1.807) is 24.3 Å². The van der Waals surface area contributed by atoms with Crippen molar-refractivity contribution in [1.82, 2.24) is 0 Å². The molecule has 0 aliphatic heterocycles. The predicted octanol–water partition coefficient (Wildman–Crippen LogP) is 0.519. The molecule has 0 aliphatic rings. The number of rotatable bonds is 8. The van der Waals surface area contributed by atoms with Gasteiger partial charge in [-0.05, 0) is 25.0 Å². The number of benzene rings is 2. The van der Waals surface area contributed by atoms with Gasteiger partial charge in [-0.25, -0.2) is 4.79 Å². The molecule has 10 heteroatoms. The number of carbonyl (C=O) groups is 1. The van der Waals surface area contributed by atoms with Gasteiger partial charge in [-0.3, -0.25) is 4.99 Å². The van der Waals surface area contributed by atoms with Gasteiger partial charge in [0.1, 0.15) is 10.9 Å². The lowest BCUT2D eigenvalue weighted by Crippen LogP contribution is -2.34. The third kappa shape index (κ3) is 5.11. The fraction of sp³-hybridized carbons (Fsp3) is 0.333. The molecule has 0 aliphatic carbocycles. The maximum absolute atomic E-state index is 12.7. The van der Waals surface area contributed by atoms with Crippen molar-refractivity contribution < 1.29 is 17.4 Å². The van der Waals surface area contributed by atoms with Gasteiger partial charge in [-0.15, -0.1) is 0 Å². The van der Waals surface area contributed by atoms with Crippen LogP contribution in [0.5, 0.6) is 0 Å². The zero-order valence-electron chi connectivity index (χ0n) is 15.8. The third-order valence-electron chi connectivity index (χ3n) is 4.07. The van der Waals surface area contributed by atoms with E-state index >= 15 is 0 Å². The van der Waals surface area contributed by atoms with Gasteiger partial charge in [0.25, 0.3) is 0 Å². The Morgan fingerprint density at radius 3 is 2.43 bits per heavy atom. The Morgan fingerprint density at radius 1 is 1.14 bits per heavy atom. The van der Waals surface area contributed by atoms with Crippen molar-refractivity contribution in [2.75, 3.05) is 25.5 Å². The zero-order chi connectivity index (χ0) is 20.9. The molecule has 0 heterocycles. The van der Waals surface area contributed by atoms with Gasteiger partial charge in [0, 0.05) is 37.1 Å². The van der Waals surface area contributed by atoms with Crippen molar-refractivity contribution in [3.8, 4) is 0 Å². The molecule has 0 saturated carbocycles. The first-order chi connectivity index (χ1) is 13.1. The molecule has 0 radical (unpaired) electrons. The minimum absolute atomic E-state index is 0.0632. The molecule has 2 aromatic carbocycles. The van der Waals surface area contributed by atoms with E-state index in [0.29, 0.717) is 11.8 Å². The molecule has 0 saturated heterocycles. The van der Waals surface area contributed by atoms with Crippen LogP contribution in [-0.2, 0) is 19.1 Å². The van der Waals surface area contributed by atoms with E-state index in [4.69, 9.17) is 21.4 Å². The highest BCUT2D eigenvalue weighted by Gasteiger charge is 2.26. The second kappa shape index (κ2) is 8.89. The molecule has 0 unspecified atom stereocenters. The quantitative estimate of drug-likeness (QED) is 0.248. The maximum Gasteiger partial charge on any atom is 0.342 e. The number of hydrogen-bond donors (Lipinski definition) is 3. The first kappa shape index (κ1) is 21.5. The van der Waals surface area contributed by atoms with E-state index in [1.807, 2.05) is 25.1 Å². The number of carbonyl (C=O) groups excluding carboxylic acids is 1. The molecule has 9 nitrogen and oxygen atoms in total. The Kier molecular flexibility index (Phi) is 6.81. The van der Waals surface area contributed by atoms with Crippen molar-refractivity contribution in [3.05, 3.63) is 36.4 Å². The van der Waals surface area contributed by atoms with E-state index < -0.39 is 22.1 Å². The molecular formula is C18H25N5O4S. The van der Waals surface area contributed by atoms with E-state index in [1.165, 1.54) is 6.07 Å². The predicted molar refractivity (Wildman–Crippen MR) is 109 cm³/mol. The monoisotopic (exact) mass is 407 g/mol. The van der Waals surface area contributed by atoms with Crippen LogP contribution in [0, 0.1) is 0 Å². The molecule has 2 rings (SSSR count). The van der Waals surface area contributed by atoms with Crippen LogP contribution in [0.4, 0.5) is 5.69 Å². The van der Waals surface area contributed by atoms with Crippen LogP contribution in [0.15, 0.2) is 46.3 Å². The number of aliphatic imine (C=N–C) groups is 1. The van der Waals surface area contributed by atoms with E-state index in [9.17, 15) is 13.2 Å². The summed E-state index contributed by atoms with van der Waals surface area (Å²) in [5.74, 6) is -1.09. The van der Waals surface area contributed by atoms with Gasteiger partial charge >= 0.3 is 16.1 Å². The Balaban J connectivity index is 2.22. The number of anilines is 1. The smallest absolute Gasteiger partial charge is 0.342 e. The third-order valence-corrected chi connectivity index (χ3v) is 5.35. The second-order valence-electron chi connectivity index (χ2n) is 6.43. The first-order valence-electron chi connectivity index (χ1n) is 8.62. The summed E-state index contributed by atoms with van der Waals surface area (Å²) in [4.78, 5) is 17.7. The lowest BCUT2D eigenvalue weighted by atomic mass is 10.1. The summed E-state index contributed by atoms with van der Waals surface area (Å²) in [6.07, 6.45) is 0.597. The summed E-state index contributed by atoms with van der Waals surface area (Å²) in [6, 6.07) is 8.99. The van der Waals surface area contributed by atoms with Gasteiger partial charge in [0.15, 0.2) is 5.96 Å². The van der Waals surface area contributed by atoms with E-state index in [2.05, 4.69) is 4.99 Å². The second-order valence-corrected chi connectivity index (χ2v) is 7.95. The molecule has 0 fully saturated rings. The molecule has 0 aromatic heterocycles. The molecule has 0 spiro atoms. The topological polar surface area (TPSA) is 154 Å². The maximum atomic E-state index is 12.7. The van der Waals surface area contributed by atoms with Crippen LogP contribution in [0.25, 0.3) is 10.8 Å². The standard InChI is InChI=1S/C18H25N5O4S/c1-23(2)15-9-3-7-13-12(15)6-4-10-16(13)28(25,26)27-17(24)14(19)8-5-11-22-18(20)21/h3-4,6-7,9-10,14H,5,8,11,19H2,1-2H3,(H4,20,21,22)/t14-/m0/s1. The minimum Gasteiger partial charge on any atom is -0.377 e. The summed E-state index contributed by atoms with van der Waals surface area (Å²) in [7, 11) is -0.616. The Morgan fingerprint density at radius 2 is 1.79 bits per heavy atom. The van der Waals surface area contributed by atoms with Crippen LogP contribution in [0.2, 0.25) is 0 Å². The SMILES string of the molecule is CN(C)c1cccc2c(S(=O)(=O)OC(=O)[C@@H](N)CCCN=C(N)N)cccc12. The molecular weight excluding hydrogens is 382 g/mol. The van der Waals surface area contributed by atoms with E-state index in [0.717, 1.165) is 11.1 Å². The van der Waals surface area contributed by atoms with Crippen LogP contribution in [0.3, 0.4) is 0 Å². The fourth-order valence-electron chi connectivity index (χ4n) is 2.72. The van der Waals surface area contributed by atoms with Crippen LogP contribution < -0.4 is 22.1 Å². The van der Waals surface area contributed by atoms with E-state index in [-0.39, 0.29) is 23.8 Å². The van der Waals surface area contributed by atoms with Crippen molar-refractivity contribution in [1.29, 1.82) is 0 Å². The summed E-state index contributed by atoms with van der Waals surface area (Å²) in [5, 5.41) is 1.19. The Labute approximate surface area is 164 Å². The summed E-state index contributed by atoms with van der Waals surface area (Å²) < 4.78 is 30.2. The number of guanidine groups is 1. The summed E-state index contributed by atoms with van der Waals surface area (Å²) >= 11 is 0. The van der Waals surface area contributed by atoms with Crippen LogP contribution >= 0.6 is 0 Å². The van der Waals surface area contributed by atoms with Crippen molar-refractivity contribution in [2.45, 2.75) is 23.8 Å². The highest BCUT2D eigenvalue weighted by atomic mass is 32.2. The fourth-order valence-corrected chi connectivity index (χ4v) is 3.85. The van der Waals surface area contributed by atoms with Gasteiger partial charge in [0.05, 0.1) is 0 Å². The van der Waals surface area contributed by atoms with Crippen LogP contribution in [0.1, 0.15) is 12.8 Å². The average molecular weight is 407 g/mol. The summed E-state index contributed by atoms with van der Waals surface area (Å²) in [6.45, 7) is 0.284. The Hall–Kier alpha value is -2.85. The molecule has 0 amide bonds. The number of nitrogens with two attached hydrogens (primary N) is 3. The van der Waals surface area contributed by atoms with Crippen molar-refractivity contribution in [2.24, 2.45) is 22.2 Å². The van der Waals surface area contributed by atoms with Gasteiger partial charge in [-0.2, -0.15) is 8.42 Å². The van der Waals surface area contributed by atoms with Crippen molar-refractivity contribution in [3.63, 3.8) is 0 Å². The normalized spacial score (nSPS) is 12.4. The summed E-state index contributed by atoms with van der Waals surface area (Å²) in [5.41, 5.74) is 17.0. The van der Waals surface area contributed by atoms with Crippen molar-refractivity contribution >= 4 is 38.5 Å². The largest absolute Gasteiger partial charge is 0.377 e. The molecule has 2 aromatic rings. The van der Waals surface area contributed by atoms with Crippen LogP contribution in [-0.4, -0.2) is 47.0 Å². The van der Waals surface area contributed by atoms with Gasteiger partial charge in [0.2, 0.25) is 0 Å². The lowest BCUT2D eigenvalue weighted by molar-refractivity contribution is -0.135. The molecule has 1 atom stereocenters. The number of nitrogens with zero attached hydrogens (tertiary/aromatic N) is 2. The van der Waals surface area contributed by atoms with Gasteiger partial charge < -0.3 is 26.3 Å².